The first-order valence-electron chi connectivity index (χ1n) is 7.76. The average molecular weight is 274 g/mol. The number of nitrogens with one attached hydrogen (secondary N) is 1. The number of hydrogen-bond acceptors (Lipinski definition) is 2. The maximum atomic E-state index is 12.2. The van der Waals surface area contributed by atoms with Crippen LogP contribution in [-0.4, -0.2) is 19.0 Å². The molecule has 20 heavy (non-hydrogen) atoms. The molecule has 0 saturated heterocycles. The summed E-state index contributed by atoms with van der Waals surface area (Å²) in [7, 11) is 0. The molecule has 0 aliphatic heterocycles. The van der Waals surface area contributed by atoms with Gasteiger partial charge in [0.05, 0.1) is 0 Å². The largest absolute Gasteiger partial charge is 0.352 e. The van der Waals surface area contributed by atoms with Crippen LogP contribution in [0.15, 0.2) is 24.3 Å². The lowest BCUT2D eigenvalue weighted by molar-refractivity contribution is 0.0940. The molecule has 1 amide bonds. The molecule has 1 aliphatic rings. The van der Waals surface area contributed by atoms with Gasteiger partial charge in [-0.25, -0.2) is 0 Å². The summed E-state index contributed by atoms with van der Waals surface area (Å²) < 4.78 is 0. The average Bonchev–Trinajstić information content (AvgIpc) is 2.45. The van der Waals surface area contributed by atoms with Gasteiger partial charge in [-0.3, -0.25) is 4.79 Å². The van der Waals surface area contributed by atoms with E-state index in [9.17, 15) is 4.79 Å². The summed E-state index contributed by atoms with van der Waals surface area (Å²) >= 11 is 0. The Labute approximate surface area is 121 Å². The highest BCUT2D eigenvalue weighted by molar-refractivity contribution is 5.94. The fourth-order valence-corrected chi connectivity index (χ4v) is 3.12. The van der Waals surface area contributed by atoms with Crippen LogP contribution in [0.1, 0.15) is 48.5 Å². The molecule has 3 N–H and O–H groups in total. The summed E-state index contributed by atoms with van der Waals surface area (Å²) in [6.45, 7) is 3.74. The zero-order chi connectivity index (χ0) is 14.4. The predicted octanol–water partition coefficient (Wildman–Crippen LogP) is 2.74. The summed E-state index contributed by atoms with van der Waals surface area (Å²) in [4.78, 5) is 12.2. The van der Waals surface area contributed by atoms with E-state index in [-0.39, 0.29) is 5.91 Å². The monoisotopic (exact) mass is 274 g/mol. The van der Waals surface area contributed by atoms with Crippen molar-refractivity contribution in [1.29, 1.82) is 0 Å². The lowest BCUT2D eigenvalue weighted by Gasteiger charge is -2.26. The van der Waals surface area contributed by atoms with Crippen molar-refractivity contribution in [2.45, 2.75) is 39.0 Å². The second-order valence-electron chi connectivity index (χ2n) is 6.09. The number of carbonyl (C=O) groups excluding carboxylic acids is 1. The SMILES string of the molecule is CC1CCCC(CNC(=O)c2cccc(CCN)c2)C1. The lowest BCUT2D eigenvalue weighted by Crippen LogP contribution is -2.31. The maximum absolute atomic E-state index is 12.2. The van der Waals surface area contributed by atoms with Crippen molar-refractivity contribution >= 4 is 5.91 Å². The van der Waals surface area contributed by atoms with E-state index in [1.165, 1.54) is 25.7 Å². The van der Waals surface area contributed by atoms with Crippen molar-refractivity contribution in [2.75, 3.05) is 13.1 Å². The van der Waals surface area contributed by atoms with Gasteiger partial charge in [0.15, 0.2) is 0 Å². The highest BCUT2D eigenvalue weighted by Gasteiger charge is 2.19. The fraction of sp³-hybridized carbons (Fsp3) is 0.588. The van der Waals surface area contributed by atoms with Gasteiger partial charge in [-0.05, 0) is 55.3 Å². The van der Waals surface area contributed by atoms with Crippen LogP contribution in [0, 0.1) is 11.8 Å². The molecule has 1 fully saturated rings. The smallest absolute Gasteiger partial charge is 0.251 e. The molecule has 0 radical (unpaired) electrons. The third-order valence-electron chi connectivity index (χ3n) is 4.22. The van der Waals surface area contributed by atoms with Crippen LogP contribution in [-0.2, 0) is 6.42 Å². The number of amides is 1. The first kappa shape index (κ1) is 15.0. The van der Waals surface area contributed by atoms with Gasteiger partial charge in [0.2, 0.25) is 0 Å². The van der Waals surface area contributed by atoms with Gasteiger partial charge >= 0.3 is 0 Å². The van der Waals surface area contributed by atoms with Gasteiger partial charge in [-0.1, -0.05) is 31.9 Å². The molecule has 3 nitrogen and oxygen atoms in total. The van der Waals surface area contributed by atoms with Gasteiger partial charge < -0.3 is 11.1 Å². The molecule has 0 bridgehead atoms. The third kappa shape index (κ3) is 4.34. The fourth-order valence-electron chi connectivity index (χ4n) is 3.12. The van der Waals surface area contributed by atoms with Crippen LogP contribution in [0.5, 0.6) is 0 Å². The second-order valence-corrected chi connectivity index (χ2v) is 6.09. The number of nitrogens with two attached hydrogens (primary N) is 1. The van der Waals surface area contributed by atoms with E-state index in [1.807, 2.05) is 24.3 Å². The number of rotatable bonds is 5. The summed E-state index contributed by atoms with van der Waals surface area (Å²) in [6, 6.07) is 7.78. The Balaban J connectivity index is 1.86. The molecule has 0 heterocycles. The first-order chi connectivity index (χ1) is 9.69. The minimum absolute atomic E-state index is 0.0436. The van der Waals surface area contributed by atoms with E-state index in [4.69, 9.17) is 5.73 Å². The van der Waals surface area contributed by atoms with Crippen LogP contribution >= 0.6 is 0 Å². The highest BCUT2D eigenvalue weighted by atomic mass is 16.1. The molecular weight excluding hydrogens is 248 g/mol. The van der Waals surface area contributed by atoms with Crippen molar-refractivity contribution in [3.8, 4) is 0 Å². The highest BCUT2D eigenvalue weighted by Crippen LogP contribution is 2.27. The number of hydrogen-bond donors (Lipinski definition) is 2. The van der Waals surface area contributed by atoms with Gasteiger partial charge in [0.1, 0.15) is 0 Å². The Bertz CT molecular complexity index is 444. The molecule has 1 aromatic rings. The molecular formula is C17H26N2O. The Hall–Kier alpha value is -1.35. The number of benzene rings is 1. The normalized spacial score (nSPS) is 22.5. The zero-order valence-electron chi connectivity index (χ0n) is 12.4. The standard InChI is InChI=1S/C17H26N2O/c1-13-4-2-6-15(10-13)12-19-17(20)16-7-3-5-14(11-16)8-9-18/h3,5,7,11,13,15H,2,4,6,8-10,12,18H2,1H3,(H,19,20). The van der Waals surface area contributed by atoms with E-state index in [0.29, 0.717) is 12.5 Å². The van der Waals surface area contributed by atoms with E-state index in [2.05, 4.69) is 12.2 Å². The molecule has 1 saturated carbocycles. The summed E-state index contributed by atoms with van der Waals surface area (Å²) in [5.41, 5.74) is 7.44. The number of carbonyl (C=O) groups is 1. The van der Waals surface area contributed by atoms with Crippen molar-refractivity contribution in [3.63, 3.8) is 0 Å². The predicted molar refractivity (Wildman–Crippen MR) is 82.7 cm³/mol. The summed E-state index contributed by atoms with van der Waals surface area (Å²) in [5, 5.41) is 3.09. The van der Waals surface area contributed by atoms with E-state index < -0.39 is 0 Å². The van der Waals surface area contributed by atoms with E-state index in [1.54, 1.807) is 0 Å². The van der Waals surface area contributed by atoms with Gasteiger partial charge in [0.25, 0.3) is 5.91 Å². The molecule has 3 heteroatoms. The van der Waals surface area contributed by atoms with Crippen LogP contribution < -0.4 is 11.1 Å². The Morgan fingerprint density at radius 2 is 2.25 bits per heavy atom. The second kappa shape index (κ2) is 7.44. The van der Waals surface area contributed by atoms with Crippen LogP contribution in [0.2, 0.25) is 0 Å². The van der Waals surface area contributed by atoms with Gasteiger partial charge in [-0.15, -0.1) is 0 Å². The minimum atomic E-state index is 0.0436. The molecule has 110 valence electrons. The van der Waals surface area contributed by atoms with E-state index in [0.717, 1.165) is 30.0 Å². The van der Waals surface area contributed by atoms with Gasteiger partial charge in [0, 0.05) is 12.1 Å². The minimum Gasteiger partial charge on any atom is -0.352 e. The Morgan fingerprint density at radius 1 is 1.40 bits per heavy atom. The molecule has 1 aromatic carbocycles. The van der Waals surface area contributed by atoms with E-state index >= 15 is 0 Å². The van der Waals surface area contributed by atoms with Crippen LogP contribution in [0.25, 0.3) is 0 Å². The van der Waals surface area contributed by atoms with Crippen molar-refractivity contribution < 1.29 is 4.79 Å². The molecule has 1 aliphatic carbocycles. The molecule has 2 rings (SSSR count). The van der Waals surface area contributed by atoms with Crippen LogP contribution in [0.4, 0.5) is 0 Å². The lowest BCUT2D eigenvalue weighted by atomic mass is 9.82. The molecule has 0 aromatic heterocycles. The molecule has 0 spiro atoms. The molecule has 2 unspecified atom stereocenters. The summed E-state index contributed by atoms with van der Waals surface area (Å²) in [6.07, 6.45) is 5.95. The third-order valence-corrected chi connectivity index (χ3v) is 4.22. The van der Waals surface area contributed by atoms with Crippen molar-refractivity contribution in [2.24, 2.45) is 17.6 Å². The zero-order valence-corrected chi connectivity index (χ0v) is 12.4. The molecule has 2 atom stereocenters. The topological polar surface area (TPSA) is 55.1 Å². The Kier molecular flexibility index (Phi) is 5.60. The van der Waals surface area contributed by atoms with Crippen molar-refractivity contribution in [3.05, 3.63) is 35.4 Å². The van der Waals surface area contributed by atoms with Crippen molar-refractivity contribution in [1.82, 2.24) is 5.32 Å². The van der Waals surface area contributed by atoms with Gasteiger partial charge in [-0.2, -0.15) is 0 Å². The quantitative estimate of drug-likeness (QED) is 0.867. The summed E-state index contributed by atoms with van der Waals surface area (Å²) in [5.74, 6) is 1.50. The maximum Gasteiger partial charge on any atom is 0.251 e. The van der Waals surface area contributed by atoms with Crippen LogP contribution in [0.3, 0.4) is 0 Å². The Morgan fingerprint density at radius 3 is 3.00 bits per heavy atom. The first-order valence-corrected chi connectivity index (χ1v) is 7.76.